The van der Waals surface area contributed by atoms with E-state index in [0.717, 1.165) is 0 Å². The highest BCUT2D eigenvalue weighted by Crippen LogP contribution is 2.30. The molecule has 0 bridgehead atoms. The second-order valence-corrected chi connectivity index (χ2v) is 5.07. The van der Waals surface area contributed by atoms with E-state index in [1.807, 2.05) is 0 Å². The van der Waals surface area contributed by atoms with Gasteiger partial charge in [-0.1, -0.05) is 6.07 Å². The molecule has 1 aliphatic rings. The number of rotatable bonds is 3. The number of halogens is 1. The number of fused-ring (bicyclic) bond motifs is 1. The van der Waals surface area contributed by atoms with Crippen molar-refractivity contribution in [3.8, 4) is 11.8 Å². The second-order valence-electron chi connectivity index (χ2n) is 5.07. The Labute approximate surface area is 132 Å². The van der Waals surface area contributed by atoms with E-state index < -0.39 is 5.91 Å². The monoisotopic (exact) mass is 317 g/mol. The number of carbonyl (C=O) groups is 1. The maximum absolute atomic E-state index is 13.9. The Morgan fingerprint density at radius 1 is 1.22 bits per heavy atom. The molecule has 6 nitrogen and oxygen atoms in total. The first kappa shape index (κ1) is 15.2. The summed E-state index contributed by atoms with van der Waals surface area (Å²) in [5.41, 5.74) is 1.11. The fraction of sp³-hybridized carbons (Fsp3) is 0.312. The summed E-state index contributed by atoms with van der Waals surface area (Å²) >= 11 is 0. The van der Waals surface area contributed by atoms with Gasteiger partial charge in [-0.05, 0) is 25.0 Å². The number of nitrogens with zero attached hydrogens (tertiary/aromatic N) is 3. The largest absolute Gasteiger partial charge is 0.481 e. The normalized spacial score (nSPS) is 13.4. The molecular formula is C16H16FN3O3. The summed E-state index contributed by atoms with van der Waals surface area (Å²) in [5.74, 6) is -0.287. The Morgan fingerprint density at radius 2 is 1.91 bits per heavy atom. The summed E-state index contributed by atoms with van der Waals surface area (Å²) in [6.45, 7) is 0.484. The van der Waals surface area contributed by atoms with E-state index in [-0.39, 0.29) is 23.4 Å². The fourth-order valence-electron chi connectivity index (χ4n) is 2.62. The Kier molecular flexibility index (Phi) is 4.10. The van der Waals surface area contributed by atoms with Crippen molar-refractivity contribution in [3.05, 3.63) is 41.5 Å². The molecule has 2 heterocycles. The van der Waals surface area contributed by atoms with Crippen LogP contribution in [0.15, 0.2) is 24.3 Å². The van der Waals surface area contributed by atoms with Gasteiger partial charge in [-0.3, -0.25) is 4.79 Å². The van der Waals surface area contributed by atoms with E-state index in [2.05, 4.69) is 9.97 Å². The van der Waals surface area contributed by atoms with E-state index >= 15 is 0 Å². The van der Waals surface area contributed by atoms with Gasteiger partial charge < -0.3 is 14.4 Å². The van der Waals surface area contributed by atoms with Crippen LogP contribution in [0.25, 0.3) is 0 Å². The van der Waals surface area contributed by atoms with Crippen LogP contribution in [0.5, 0.6) is 11.8 Å². The van der Waals surface area contributed by atoms with Crippen LogP contribution in [0.3, 0.4) is 0 Å². The molecule has 1 amide bonds. The number of aromatic nitrogens is 2. The minimum atomic E-state index is -0.409. The Balaban J connectivity index is 2.01. The lowest BCUT2D eigenvalue weighted by Crippen LogP contribution is -2.37. The zero-order valence-corrected chi connectivity index (χ0v) is 12.9. The van der Waals surface area contributed by atoms with Crippen molar-refractivity contribution in [1.29, 1.82) is 0 Å². The van der Waals surface area contributed by atoms with Gasteiger partial charge in [-0.2, -0.15) is 9.97 Å². The lowest BCUT2D eigenvalue weighted by molar-refractivity contribution is 0.0973. The van der Waals surface area contributed by atoms with E-state index in [1.54, 1.807) is 12.1 Å². The molecule has 120 valence electrons. The van der Waals surface area contributed by atoms with Gasteiger partial charge in [0.2, 0.25) is 17.6 Å². The number of ether oxygens (including phenoxy) is 2. The van der Waals surface area contributed by atoms with Crippen LogP contribution >= 0.6 is 0 Å². The molecule has 0 radical (unpaired) electrons. The predicted molar refractivity (Wildman–Crippen MR) is 81.5 cm³/mol. The quantitative estimate of drug-likeness (QED) is 0.868. The third-order valence-electron chi connectivity index (χ3n) is 3.73. The molecule has 3 rings (SSSR count). The van der Waals surface area contributed by atoms with Gasteiger partial charge in [-0.15, -0.1) is 0 Å². The molecule has 0 aliphatic carbocycles. The first-order valence-corrected chi connectivity index (χ1v) is 7.20. The maximum Gasteiger partial charge on any atom is 0.296 e. The molecule has 1 aromatic heterocycles. The average molecular weight is 317 g/mol. The van der Waals surface area contributed by atoms with E-state index in [0.29, 0.717) is 30.6 Å². The van der Waals surface area contributed by atoms with Gasteiger partial charge in [0.05, 0.1) is 26.0 Å². The van der Waals surface area contributed by atoms with Crippen LogP contribution in [0, 0.1) is 5.82 Å². The molecule has 1 aliphatic heterocycles. The van der Waals surface area contributed by atoms with Crippen LogP contribution in [0.1, 0.15) is 22.6 Å². The average Bonchev–Trinajstić information content (AvgIpc) is 2.60. The Hall–Kier alpha value is -2.70. The first-order valence-electron chi connectivity index (χ1n) is 7.20. The highest BCUT2D eigenvalue weighted by Gasteiger charge is 2.27. The standard InChI is InChI=1S/C16H16FN3O3/c1-22-13-9-14(23-2)19-15(18-13)16(21)20-8-4-5-10-11(17)6-3-7-12(10)20/h3,6-7,9H,4-5,8H2,1-2H3. The molecule has 0 N–H and O–H groups in total. The molecule has 0 saturated carbocycles. The Morgan fingerprint density at radius 3 is 2.57 bits per heavy atom. The number of amides is 1. The summed E-state index contributed by atoms with van der Waals surface area (Å²) in [6.07, 6.45) is 1.29. The molecule has 1 aromatic carbocycles. The van der Waals surface area contributed by atoms with Crippen molar-refractivity contribution in [1.82, 2.24) is 9.97 Å². The summed E-state index contributed by atoms with van der Waals surface area (Å²) in [7, 11) is 2.89. The topological polar surface area (TPSA) is 64.6 Å². The lowest BCUT2D eigenvalue weighted by atomic mass is 10.0. The minimum Gasteiger partial charge on any atom is -0.481 e. The molecule has 0 saturated heterocycles. The molecule has 0 unspecified atom stereocenters. The zero-order chi connectivity index (χ0) is 16.4. The van der Waals surface area contributed by atoms with Gasteiger partial charge in [-0.25, -0.2) is 4.39 Å². The third-order valence-corrected chi connectivity index (χ3v) is 3.73. The van der Waals surface area contributed by atoms with Gasteiger partial charge in [0.25, 0.3) is 5.91 Å². The molecule has 7 heteroatoms. The third kappa shape index (κ3) is 2.81. The van der Waals surface area contributed by atoms with E-state index in [9.17, 15) is 9.18 Å². The van der Waals surface area contributed by atoms with Gasteiger partial charge in [0.1, 0.15) is 5.82 Å². The van der Waals surface area contributed by atoms with Crippen LogP contribution < -0.4 is 14.4 Å². The predicted octanol–water partition coefficient (Wildman–Crippen LogP) is 2.23. The molecule has 23 heavy (non-hydrogen) atoms. The number of hydrogen-bond donors (Lipinski definition) is 0. The zero-order valence-electron chi connectivity index (χ0n) is 12.9. The van der Waals surface area contributed by atoms with E-state index in [1.165, 1.54) is 31.3 Å². The smallest absolute Gasteiger partial charge is 0.296 e. The van der Waals surface area contributed by atoms with Crippen LogP contribution in [0.4, 0.5) is 10.1 Å². The lowest BCUT2D eigenvalue weighted by Gasteiger charge is -2.29. The fourth-order valence-corrected chi connectivity index (χ4v) is 2.62. The van der Waals surface area contributed by atoms with Crippen molar-refractivity contribution in [2.45, 2.75) is 12.8 Å². The number of hydrogen-bond acceptors (Lipinski definition) is 5. The summed E-state index contributed by atoms with van der Waals surface area (Å²) in [4.78, 5) is 22.4. The Bertz CT molecular complexity index is 729. The van der Waals surface area contributed by atoms with Crippen LogP contribution in [-0.2, 0) is 6.42 Å². The number of methoxy groups -OCH3 is 2. The van der Waals surface area contributed by atoms with Crippen molar-refractivity contribution in [3.63, 3.8) is 0 Å². The van der Waals surface area contributed by atoms with Crippen molar-refractivity contribution < 1.29 is 18.7 Å². The number of benzene rings is 1. The van der Waals surface area contributed by atoms with Gasteiger partial charge in [0, 0.05) is 12.1 Å². The van der Waals surface area contributed by atoms with Crippen molar-refractivity contribution in [2.75, 3.05) is 25.7 Å². The molecular weight excluding hydrogens is 301 g/mol. The number of carbonyl (C=O) groups excluding carboxylic acids is 1. The number of anilines is 1. The molecule has 2 aromatic rings. The summed E-state index contributed by atoms with van der Waals surface area (Å²) in [5, 5.41) is 0. The summed E-state index contributed by atoms with van der Waals surface area (Å²) in [6, 6.07) is 6.21. The SMILES string of the molecule is COc1cc(OC)nc(C(=O)N2CCCc3c(F)cccc32)n1. The minimum absolute atomic E-state index is 0.0432. The van der Waals surface area contributed by atoms with E-state index in [4.69, 9.17) is 9.47 Å². The van der Waals surface area contributed by atoms with Crippen molar-refractivity contribution >= 4 is 11.6 Å². The molecule has 0 spiro atoms. The van der Waals surface area contributed by atoms with Gasteiger partial charge in [0.15, 0.2) is 0 Å². The molecule has 0 atom stereocenters. The van der Waals surface area contributed by atoms with Crippen LogP contribution in [0.2, 0.25) is 0 Å². The summed E-state index contributed by atoms with van der Waals surface area (Å²) < 4.78 is 24.1. The molecule has 0 fully saturated rings. The van der Waals surface area contributed by atoms with Gasteiger partial charge >= 0.3 is 0 Å². The first-order chi connectivity index (χ1) is 11.1. The highest BCUT2D eigenvalue weighted by molar-refractivity contribution is 6.04. The van der Waals surface area contributed by atoms with Crippen molar-refractivity contribution in [2.24, 2.45) is 0 Å². The second kappa shape index (κ2) is 6.20. The maximum atomic E-state index is 13.9. The highest BCUT2D eigenvalue weighted by atomic mass is 19.1. The van der Waals surface area contributed by atoms with Crippen LogP contribution in [-0.4, -0.2) is 36.6 Å².